The highest BCUT2D eigenvalue weighted by atomic mass is 16.3. The van der Waals surface area contributed by atoms with E-state index in [2.05, 4.69) is 11.9 Å². The van der Waals surface area contributed by atoms with Crippen LogP contribution in [0.15, 0.2) is 24.4 Å². The number of pyridine rings is 1. The molecule has 71 valence electrons. The molecule has 1 N–H and O–H groups in total. The molecule has 0 aliphatic rings. The van der Waals surface area contributed by atoms with Gasteiger partial charge in [-0.1, -0.05) is 32.3 Å². The van der Waals surface area contributed by atoms with Crippen molar-refractivity contribution >= 4 is 0 Å². The molecule has 0 aliphatic carbocycles. The summed E-state index contributed by atoms with van der Waals surface area (Å²) in [4.78, 5) is 4.09. The molecule has 0 aromatic carbocycles. The summed E-state index contributed by atoms with van der Waals surface area (Å²) in [6.45, 7) is 3.76. The van der Waals surface area contributed by atoms with Crippen LogP contribution in [0.2, 0.25) is 0 Å². The molecule has 13 heavy (non-hydrogen) atoms. The highest BCUT2D eigenvalue weighted by Crippen LogP contribution is 2.16. The Hall–Kier alpha value is -0.890. The van der Waals surface area contributed by atoms with Gasteiger partial charge in [0.25, 0.3) is 0 Å². The van der Waals surface area contributed by atoms with E-state index in [4.69, 9.17) is 0 Å². The Bertz CT molecular complexity index is 223. The average molecular weight is 178 g/mol. The number of rotatable bonds is 5. The van der Waals surface area contributed by atoms with Crippen molar-refractivity contribution in [2.75, 3.05) is 0 Å². The summed E-state index contributed by atoms with van der Waals surface area (Å²) in [5, 5.41) is 9.66. The Morgan fingerprint density at radius 1 is 1.38 bits per heavy atom. The normalized spacial score (nSPS) is 12.8. The minimum atomic E-state index is -0.409. The molecule has 1 aromatic rings. The lowest BCUT2D eigenvalue weighted by Crippen LogP contribution is -1.99. The van der Waals surface area contributed by atoms with E-state index in [0.29, 0.717) is 0 Å². The maximum Gasteiger partial charge on any atom is 0.0959 e. The first-order chi connectivity index (χ1) is 6.34. The Morgan fingerprint density at radius 2 is 2.23 bits per heavy atom. The molecule has 1 atom stereocenters. The third kappa shape index (κ3) is 3.55. The van der Waals surface area contributed by atoms with E-state index in [-0.39, 0.29) is 0 Å². The molecular formula is C11H16NO. The molecule has 0 spiro atoms. The molecule has 2 nitrogen and oxygen atoms in total. The van der Waals surface area contributed by atoms with Crippen molar-refractivity contribution in [3.8, 4) is 0 Å². The number of unbranched alkanes of at least 4 members (excludes halogenated alkanes) is 2. The van der Waals surface area contributed by atoms with Gasteiger partial charge in [0.15, 0.2) is 0 Å². The fraction of sp³-hybridized carbons (Fsp3) is 0.455. The van der Waals surface area contributed by atoms with Crippen molar-refractivity contribution < 1.29 is 5.11 Å². The Labute approximate surface area is 79.6 Å². The highest BCUT2D eigenvalue weighted by Gasteiger charge is 2.06. The molecule has 0 amide bonds. The predicted octanol–water partition coefficient (Wildman–Crippen LogP) is 2.51. The summed E-state index contributed by atoms with van der Waals surface area (Å²) in [7, 11) is 0. The van der Waals surface area contributed by atoms with Crippen molar-refractivity contribution in [2.45, 2.75) is 31.8 Å². The van der Waals surface area contributed by atoms with E-state index in [9.17, 15) is 5.11 Å². The molecule has 2 heteroatoms. The molecule has 1 unspecified atom stereocenters. The number of aromatic nitrogens is 1. The molecule has 0 saturated carbocycles. The predicted molar refractivity (Wildman–Crippen MR) is 53.0 cm³/mol. The van der Waals surface area contributed by atoms with Gasteiger partial charge >= 0.3 is 0 Å². The summed E-state index contributed by atoms with van der Waals surface area (Å²) in [5.74, 6) is 0. The summed E-state index contributed by atoms with van der Waals surface area (Å²) in [6, 6.07) is 5.61. The molecule has 0 bridgehead atoms. The molecule has 0 fully saturated rings. The summed E-state index contributed by atoms with van der Waals surface area (Å²) in [5.41, 5.74) is 0.770. The van der Waals surface area contributed by atoms with E-state index in [0.717, 1.165) is 31.4 Å². The molecule has 0 aliphatic heterocycles. The van der Waals surface area contributed by atoms with Gasteiger partial charge in [0.1, 0.15) is 0 Å². The fourth-order valence-electron chi connectivity index (χ4n) is 1.24. The van der Waals surface area contributed by atoms with Crippen LogP contribution in [0.5, 0.6) is 0 Å². The molecule has 1 radical (unpaired) electrons. The van der Waals surface area contributed by atoms with Gasteiger partial charge in [-0.15, -0.1) is 0 Å². The van der Waals surface area contributed by atoms with Crippen LogP contribution in [-0.4, -0.2) is 10.1 Å². The Balaban J connectivity index is 2.35. The van der Waals surface area contributed by atoms with Gasteiger partial charge in [-0.2, -0.15) is 0 Å². The van der Waals surface area contributed by atoms with E-state index in [1.165, 1.54) is 0 Å². The molecule has 1 aromatic heterocycles. The van der Waals surface area contributed by atoms with Gasteiger partial charge < -0.3 is 5.11 Å². The average Bonchev–Trinajstić information content (AvgIpc) is 2.19. The van der Waals surface area contributed by atoms with Gasteiger partial charge in [0.2, 0.25) is 0 Å². The van der Waals surface area contributed by atoms with E-state index in [1.54, 1.807) is 6.20 Å². The maximum atomic E-state index is 9.66. The third-order valence-corrected chi connectivity index (χ3v) is 2.01. The minimum Gasteiger partial charge on any atom is -0.387 e. The number of hydrogen-bond acceptors (Lipinski definition) is 2. The summed E-state index contributed by atoms with van der Waals surface area (Å²) in [6.07, 6.45) is 5.11. The van der Waals surface area contributed by atoms with Gasteiger partial charge in [-0.3, -0.25) is 4.98 Å². The van der Waals surface area contributed by atoms with Crippen LogP contribution >= 0.6 is 0 Å². The molecular weight excluding hydrogens is 162 g/mol. The first kappa shape index (κ1) is 10.2. The lowest BCUT2D eigenvalue weighted by molar-refractivity contribution is 0.159. The van der Waals surface area contributed by atoms with Gasteiger partial charge in [0.05, 0.1) is 11.8 Å². The Morgan fingerprint density at radius 3 is 2.85 bits per heavy atom. The smallest absolute Gasteiger partial charge is 0.0959 e. The van der Waals surface area contributed by atoms with Crippen molar-refractivity contribution in [3.63, 3.8) is 0 Å². The Kier molecular flexibility index (Phi) is 4.47. The van der Waals surface area contributed by atoms with Crippen LogP contribution < -0.4 is 0 Å². The number of nitrogens with zero attached hydrogens (tertiary/aromatic N) is 1. The minimum absolute atomic E-state index is 0.409. The fourth-order valence-corrected chi connectivity index (χ4v) is 1.24. The maximum absolute atomic E-state index is 9.66. The van der Waals surface area contributed by atoms with Crippen molar-refractivity contribution in [1.82, 2.24) is 4.98 Å². The van der Waals surface area contributed by atoms with Gasteiger partial charge in [0, 0.05) is 6.20 Å². The van der Waals surface area contributed by atoms with Crippen molar-refractivity contribution in [2.24, 2.45) is 0 Å². The molecule has 0 saturated heterocycles. The zero-order valence-electron chi connectivity index (χ0n) is 7.82. The standard InChI is InChI=1S/C11H16NO/c1-2-3-4-8-11(13)10-7-5-6-9-12-10/h5-7,9,11,13H,1-4,8H2. The van der Waals surface area contributed by atoms with Crippen molar-refractivity contribution in [3.05, 3.63) is 37.0 Å². The second kappa shape index (κ2) is 5.70. The van der Waals surface area contributed by atoms with Crippen LogP contribution in [0.25, 0.3) is 0 Å². The quantitative estimate of drug-likeness (QED) is 0.703. The lowest BCUT2D eigenvalue weighted by Gasteiger charge is -2.08. The monoisotopic (exact) mass is 178 g/mol. The topological polar surface area (TPSA) is 33.1 Å². The second-order valence-electron chi connectivity index (χ2n) is 3.12. The van der Waals surface area contributed by atoms with Crippen LogP contribution in [0.1, 0.15) is 37.5 Å². The SMILES string of the molecule is [CH2]CCCCC(O)c1ccccn1. The second-order valence-corrected chi connectivity index (χ2v) is 3.12. The third-order valence-electron chi connectivity index (χ3n) is 2.01. The zero-order chi connectivity index (χ0) is 9.52. The van der Waals surface area contributed by atoms with Gasteiger partial charge in [-0.05, 0) is 18.6 Å². The van der Waals surface area contributed by atoms with Crippen LogP contribution in [0, 0.1) is 6.92 Å². The van der Waals surface area contributed by atoms with E-state index >= 15 is 0 Å². The first-order valence-electron chi connectivity index (χ1n) is 4.73. The van der Waals surface area contributed by atoms with E-state index < -0.39 is 6.10 Å². The number of aliphatic hydroxyl groups is 1. The first-order valence-corrected chi connectivity index (χ1v) is 4.73. The van der Waals surface area contributed by atoms with E-state index in [1.807, 2.05) is 18.2 Å². The van der Waals surface area contributed by atoms with Crippen LogP contribution in [0.3, 0.4) is 0 Å². The van der Waals surface area contributed by atoms with Crippen LogP contribution in [-0.2, 0) is 0 Å². The summed E-state index contributed by atoms with van der Waals surface area (Å²) >= 11 is 0. The zero-order valence-corrected chi connectivity index (χ0v) is 7.82. The molecule has 1 rings (SSSR count). The van der Waals surface area contributed by atoms with Crippen molar-refractivity contribution in [1.29, 1.82) is 0 Å². The largest absolute Gasteiger partial charge is 0.387 e. The lowest BCUT2D eigenvalue weighted by atomic mass is 10.1. The number of hydrogen-bond donors (Lipinski definition) is 1. The molecule has 1 heterocycles. The summed E-state index contributed by atoms with van der Waals surface area (Å²) < 4.78 is 0. The van der Waals surface area contributed by atoms with Crippen LogP contribution in [0.4, 0.5) is 0 Å². The number of aliphatic hydroxyl groups excluding tert-OH is 1. The highest BCUT2D eigenvalue weighted by molar-refractivity contribution is 5.06. The van der Waals surface area contributed by atoms with Gasteiger partial charge in [-0.25, -0.2) is 0 Å².